The Kier molecular flexibility index (Phi) is 19.0. The summed E-state index contributed by atoms with van der Waals surface area (Å²) < 4.78 is 0. The third kappa shape index (κ3) is 18.0. The molecule has 0 amide bonds. The lowest BCUT2D eigenvalue weighted by Gasteiger charge is -2.09. The average molecular weight is 313 g/mol. The Balaban J connectivity index is 3.02. The Morgan fingerprint density at radius 1 is 0.545 bits per heavy atom. The SMILES string of the molecule is CCCCCCCCCCCCCCCCC(C)CCCO. The standard InChI is InChI=1S/C21H44O/c1-3-4-5-6-7-8-9-10-11-12-13-14-15-16-18-21(2)19-17-20-22/h21-22H,3-20H2,1-2H3. The quantitative estimate of drug-likeness (QED) is 0.264. The molecule has 0 bridgehead atoms. The minimum absolute atomic E-state index is 0.364. The summed E-state index contributed by atoms with van der Waals surface area (Å²) >= 11 is 0. The van der Waals surface area contributed by atoms with Gasteiger partial charge in [-0.25, -0.2) is 0 Å². The zero-order valence-corrected chi connectivity index (χ0v) is 15.8. The summed E-state index contributed by atoms with van der Waals surface area (Å²) in [6.45, 7) is 4.99. The van der Waals surface area contributed by atoms with E-state index in [1.807, 2.05) is 0 Å². The van der Waals surface area contributed by atoms with E-state index in [4.69, 9.17) is 5.11 Å². The smallest absolute Gasteiger partial charge is 0.0431 e. The number of hydrogen-bond acceptors (Lipinski definition) is 1. The molecule has 0 aliphatic carbocycles. The maximum Gasteiger partial charge on any atom is 0.0431 e. The molecule has 1 heteroatoms. The molecule has 0 fully saturated rings. The van der Waals surface area contributed by atoms with Crippen molar-refractivity contribution in [3.8, 4) is 0 Å². The second kappa shape index (κ2) is 19.0. The van der Waals surface area contributed by atoms with E-state index in [9.17, 15) is 0 Å². The number of unbranched alkanes of at least 4 members (excludes halogenated alkanes) is 13. The van der Waals surface area contributed by atoms with Gasteiger partial charge < -0.3 is 5.11 Å². The Morgan fingerprint density at radius 3 is 1.32 bits per heavy atom. The van der Waals surface area contributed by atoms with Gasteiger partial charge in [-0.05, 0) is 18.8 Å². The van der Waals surface area contributed by atoms with Crippen LogP contribution in [0.15, 0.2) is 0 Å². The van der Waals surface area contributed by atoms with E-state index in [1.54, 1.807) is 0 Å². The summed E-state index contributed by atoms with van der Waals surface area (Å²) in [5.74, 6) is 0.810. The summed E-state index contributed by atoms with van der Waals surface area (Å²) in [6.07, 6.45) is 23.7. The summed E-state index contributed by atoms with van der Waals surface area (Å²) in [6, 6.07) is 0. The zero-order valence-electron chi connectivity index (χ0n) is 15.8. The Labute approximate surface area is 141 Å². The lowest BCUT2D eigenvalue weighted by molar-refractivity contribution is 0.270. The Morgan fingerprint density at radius 2 is 0.909 bits per heavy atom. The molecular weight excluding hydrogens is 268 g/mol. The molecule has 0 heterocycles. The van der Waals surface area contributed by atoms with Crippen molar-refractivity contribution in [1.29, 1.82) is 0 Å². The molecule has 0 saturated heterocycles. The van der Waals surface area contributed by atoms with Crippen LogP contribution in [0.25, 0.3) is 0 Å². The van der Waals surface area contributed by atoms with Gasteiger partial charge in [0.15, 0.2) is 0 Å². The van der Waals surface area contributed by atoms with Crippen LogP contribution in [-0.2, 0) is 0 Å². The largest absolute Gasteiger partial charge is 0.396 e. The Bertz CT molecular complexity index is 190. The zero-order chi connectivity index (χ0) is 16.3. The van der Waals surface area contributed by atoms with Crippen molar-refractivity contribution in [2.75, 3.05) is 6.61 Å². The molecule has 0 aromatic rings. The highest BCUT2D eigenvalue weighted by atomic mass is 16.2. The highest BCUT2D eigenvalue weighted by Gasteiger charge is 2.01. The van der Waals surface area contributed by atoms with Crippen molar-refractivity contribution in [3.05, 3.63) is 0 Å². The van der Waals surface area contributed by atoms with Crippen molar-refractivity contribution in [3.63, 3.8) is 0 Å². The fourth-order valence-electron chi connectivity index (χ4n) is 3.27. The molecular formula is C21H44O. The molecule has 1 N–H and O–H groups in total. The molecule has 0 spiro atoms. The molecule has 0 aromatic carbocycles. The first-order chi connectivity index (χ1) is 10.8. The summed E-state index contributed by atoms with van der Waals surface area (Å²) in [4.78, 5) is 0. The highest BCUT2D eigenvalue weighted by molar-refractivity contribution is 4.55. The molecule has 0 saturated carbocycles. The molecule has 1 unspecified atom stereocenters. The number of rotatable bonds is 18. The van der Waals surface area contributed by atoms with E-state index in [-0.39, 0.29) is 0 Å². The molecule has 1 atom stereocenters. The summed E-state index contributed by atoms with van der Waals surface area (Å²) in [5, 5.41) is 8.81. The van der Waals surface area contributed by atoms with E-state index in [0.717, 1.165) is 12.3 Å². The van der Waals surface area contributed by atoms with Crippen molar-refractivity contribution in [1.82, 2.24) is 0 Å². The van der Waals surface area contributed by atoms with Crippen LogP contribution in [0, 0.1) is 5.92 Å². The van der Waals surface area contributed by atoms with Crippen molar-refractivity contribution in [2.24, 2.45) is 5.92 Å². The minimum atomic E-state index is 0.364. The fourth-order valence-corrected chi connectivity index (χ4v) is 3.27. The van der Waals surface area contributed by atoms with Crippen LogP contribution < -0.4 is 0 Å². The van der Waals surface area contributed by atoms with E-state index in [1.165, 1.54) is 103 Å². The van der Waals surface area contributed by atoms with Crippen LogP contribution in [0.2, 0.25) is 0 Å². The molecule has 0 aliphatic heterocycles. The second-order valence-electron chi connectivity index (χ2n) is 7.36. The van der Waals surface area contributed by atoms with Crippen LogP contribution >= 0.6 is 0 Å². The number of hydrogen-bond donors (Lipinski definition) is 1. The van der Waals surface area contributed by atoms with Crippen molar-refractivity contribution < 1.29 is 5.11 Å². The first kappa shape index (κ1) is 22.0. The van der Waals surface area contributed by atoms with Crippen LogP contribution in [0.1, 0.15) is 123 Å². The number of aliphatic hydroxyl groups excluding tert-OH is 1. The van der Waals surface area contributed by atoms with Gasteiger partial charge in [0.1, 0.15) is 0 Å². The first-order valence-electron chi connectivity index (χ1n) is 10.4. The summed E-state index contributed by atoms with van der Waals surface area (Å²) in [5.41, 5.74) is 0. The lowest BCUT2D eigenvalue weighted by atomic mass is 9.97. The van der Waals surface area contributed by atoms with Gasteiger partial charge in [-0.2, -0.15) is 0 Å². The maximum atomic E-state index is 8.81. The van der Waals surface area contributed by atoms with Crippen molar-refractivity contribution in [2.45, 2.75) is 123 Å². The number of aliphatic hydroxyl groups is 1. The van der Waals surface area contributed by atoms with Gasteiger partial charge in [-0.15, -0.1) is 0 Å². The van der Waals surface area contributed by atoms with Gasteiger partial charge in [-0.3, -0.25) is 0 Å². The molecule has 0 aliphatic rings. The van der Waals surface area contributed by atoms with Gasteiger partial charge in [0.05, 0.1) is 0 Å². The second-order valence-corrected chi connectivity index (χ2v) is 7.36. The molecule has 0 aromatic heterocycles. The Hall–Kier alpha value is -0.0400. The first-order valence-corrected chi connectivity index (χ1v) is 10.4. The van der Waals surface area contributed by atoms with Gasteiger partial charge in [-0.1, -0.05) is 110 Å². The molecule has 0 rings (SSSR count). The third-order valence-corrected chi connectivity index (χ3v) is 4.91. The molecule has 0 radical (unpaired) electrons. The average Bonchev–Trinajstić information content (AvgIpc) is 2.53. The summed E-state index contributed by atoms with van der Waals surface area (Å²) in [7, 11) is 0. The molecule has 1 nitrogen and oxygen atoms in total. The molecule has 22 heavy (non-hydrogen) atoms. The van der Waals surface area contributed by atoms with Crippen LogP contribution in [-0.4, -0.2) is 11.7 Å². The van der Waals surface area contributed by atoms with Gasteiger partial charge in [0, 0.05) is 6.61 Å². The monoisotopic (exact) mass is 312 g/mol. The lowest BCUT2D eigenvalue weighted by Crippen LogP contribution is -1.96. The predicted molar refractivity (Wildman–Crippen MR) is 100 cm³/mol. The van der Waals surface area contributed by atoms with Gasteiger partial charge in [0.25, 0.3) is 0 Å². The van der Waals surface area contributed by atoms with Crippen LogP contribution in [0.5, 0.6) is 0 Å². The van der Waals surface area contributed by atoms with E-state index < -0.39 is 0 Å². The fraction of sp³-hybridized carbons (Fsp3) is 1.00. The van der Waals surface area contributed by atoms with Crippen molar-refractivity contribution >= 4 is 0 Å². The third-order valence-electron chi connectivity index (χ3n) is 4.91. The predicted octanol–water partition coefficient (Wildman–Crippen LogP) is 7.27. The maximum absolute atomic E-state index is 8.81. The van der Waals surface area contributed by atoms with Crippen LogP contribution in [0.4, 0.5) is 0 Å². The van der Waals surface area contributed by atoms with Gasteiger partial charge >= 0.3 is 0 Å². The highest BCUT2D eigenvalue weighted by Crippen LogP contribution is 2.17. The topological polar surface area (TPSA) is 20.2 Å². The van der Waals surface area contributed by atoms with E-state index in [0.29, 0.717) is 6.61 Å². The molecule has 134 valence electrons. The normalized spacial score (nSPS) is 12.7. The van der Waals surface area contributed by atoms with Crippen LogP contribution in [0.3, 0.4) is 0 Å². The minimum Gasteiger partial charge on any atom is -0.396 e. The van der Waals surface area contributed by atoms with E-state index in [2.05, 4.69) is 13.8 Å². The van der Waals surface area contributed by atoms with Gasteiger partial charge in [0.2, 0.25) is 0 Å². The van der Waals surface area contributed by atoms with E-state index >= 15 is 0 Å².